The van der Waals surface area contributed by atoms with Crippen molar-refractivity contribution in [2.45, 2.75) is 0 Å². The van der Waals surface area contributed by atoms with Crippen LogP contribution in [0.4, 0.5) is 0 Å². The Hall–Kier alpha value is -6.56. The number of hydrogen-bond acceptors (Lipinski definition) is 3. The second-order valence-corrected chi connectivity index (χ2v) is 14.1. The predicted octanol–water partition coefficient (Wildman–Crippen LogP) is 12.4. The van der Waals surface area contributed by atoms with Crippen LogP contribution in [-0.4, -0.2) is 19.1 Å². The van der Waals surface area contributed by atoms with Crippen molar-refractivity contribution < 1.29 is 0 Å². The van der Waals surface area contributed by atoms with E-state index in [-0.39, 0.29) is 0 Å². The number of hydrogen-bond donors (Lipinski definition) is 0. The fourth-order valence-corrected chi connectivity index (χ4v) is 8.87. The summed E-state index contributed by atoms with van der Waals surface area (Å²) in [6, 6.07) is 60.5. The second kappa shape index (κ2) is 11.0. The summed E-state index contributed by atoms with van der Waals surface area (Å²) in [4.78, 5) is 10.7. The molecule has 0 atom stereocenters. The van der Waals surface area contributed by atoms with Crippen molar-refractivity contribution in [1.82, 2.24) is 19.1 Å². The van der Waals surface area contributed by atoms with Crippen molar-refractivity contribution in [3.63, 3.8) is 0 Å². The average Bonchev–Trinajstić information content (AvgIpc) is 3.85. The van der Waals surface area contributed by atoms with Gasteiger partial charge in [-0.3, -0.25) is 0 Å². The van der Waals surface area contributed by atoms with Gasteiger partial charge >= 0.3 is 0 Å². The minimum atomic E-state index is 0.937. The van der Waals surface area contributed by atoms with Crippen molar-refractivity contribution in [1.29, 1.82) is 0 Å². The monoisotopic (exact) mass is 668 g/mol. The fourth-order valence-electron chi connectivity index (χ4n) is 7.88. The molecule has 5 heterocycles. The number of para-hydroxylation sites is 5. The van der Waals surface area contributed by atoms with Gasteiger partial charge in [0, 0.05) is 44.0 Å². The van der Waals surface area contributed by atoms with Crippen LogP contribution >= 0.6 is 11.3 Å². The first-order valence-electron chi connectivity index (χ1n) is 17.2. The zero-order valence-electron chi connectivity index (χ0n) is 27.4. The Morgan fingerprint density at radius 3 is 1.67 bits per heavy atom. The molecule has 0 unspecified atom stereocenters. The van der Waals surface area contributed by atoms with Crippen LogP contribution in [0.5, 0.6) is 0 Å². The van der Waals surface area contributed by atoms with Crippen LogP contribution in [0.1, 0.15) is 0 Å². The van der Waals surface area contributed by atoms with E-state index in [2.05, 4.69) is 179 Å². The Morgan fingerprint density at radius 1 is 0.392 bits per heavy atom. The molecule has 0 aliphatic carbocycles. The number of benzene rings is 6. The predicted molar refractivity (Wildman–Crippen MR) is 214 cm³/mol. The molecule has 0 spiro atoms. The standard InChI is InChI=1S/C46H28N4S/c1-3-12-30(13-4-1)49-39-20-9-7-16-32(39)34-23-22-29(28-41(34)49)37-24-26-42-44(47-37)45-43(51-42)27-25-38(48-45)36-19-11-18-35-33-17-8-10-21-40(33)50(46(35)36)31-14-5-2-6-15-31/h1-28H. The van der Waals surface area contributed by atoms with Gasteiger partial charge in [0.1, 0.15) is 11.0 Å². The van der Waals surface area contributed by atoms with E-state index < -0.39 is 0 Å². The van der Waals surface area contributed by atoms with Crippen LogP contribution < -0.4 is 0 Å². The first kappa shape index (κ1) is 28.3. The molecule has 51 heavy (non-hydrogen) atoms. The van der Waals surface area contributed by atoms with Crippen LogP contribution in [0.3, 0.4) is 0 Å². The van der Waals surface area contributed by atoms with Crippen molar-refractivity contribution >= 4 is 75.4 Å². The van der Waals surface area contributed by atoms with Gasteiger partial charge in [-0.25, -0.2) is 9.97 Å². The lowest BCUT2D eigenvalue weighted by Gasteiger charge is -2.11. The molecule has 0 saturated carbocycles. The molecule has 0 fully saturated rings. The highest BCUT2D eigenvalue weighted by Crippen LogP contribution is 2.40. The third-order valence-corrected chi connectivity index (χ3v) is 11.2. The second-order valence-electron chi connectivity index (χ2n) is 13.0. The Morgan fingerprint density at radius 2 is 0.941 bits per heavy atom. The Balaban J connectivity index is 1.11. The molecular formula is C46H28N4S. The quantitative estimate of drug-likeness (QED) is 0.187. The number of thiophene rings is 1. The summed E-state index contributed by atoms with van der Waals surface area (Å²) in [5.74, 6) is 0. The topological polar surface area (TPSA) is 35.6 Å². The van der Waals surface area contributed by atoms with Gasteiger partial charge in [-0.1, -0.05) is 103 Å². The summed E-state index contributed by atoms with van der Waals surface area (Å²) in [7, 11) is 0. The Kier molecular flexibility index (Phi) is 6.09. The molecule has 0 N–H and O–H groups in total. The fraction of sp³-hybridized carbons (Fsp3) is 0. The number of pyridine rings is 2. The van der Waals surface area contributed by atoms with Gasteiger partial charge in [-0.2, -0.15) is 0 Å². The van der Waals surface area contributed by atoms with Gasteiger partial charge in [-0.05, 0) is 66.7 Å². The number of nitrogens with zero attached hydrogens (tertiary/aromatic N) is 4. The molecule has 5 aromatic heterocycles. The van der Waals surface area contributed by atoms with Crippen molar-refractivity contribution in [3.05, 3.63) is 170 Å². The minimum absolute atomic E-state index is 0.937. The van der Waals surface area contributed by atoms with Gasteiger partial charge in [0.25, 0.3) is 0 Å². The summed E-state index contributed by atoms with van der Waals surface area (Å²) in [6.45, 7) is 0. The molecule has 0 aliphatic rings. The van der Waals surface area contributed by atoms with Gasteiger partial charge in [0.05, 0.1) is 42.9 Å². The maximum absolute atomic E-state index is 5.39. The smallest absolute Gasteiger partial charge is 0.108 e. The average molecular weight is 669 g/mol. The van der Waals surface area contributed by atoms with Gasteiger partial charge in [0.15, 0.2) is 0 Å². The van der Waals surface area contributed by atoms with E-state index in [1.165, 1.54) is 38.1 Å². The first-order valence-corrected chi connectivity index (χ1v) is 18.0. The van der Waals surface area contributed by atoms with Crippen LogP contribution in [0.15, 0.2) is 170 Å². The Labute approximate surface area is 297 Å². The summed E-state index contributed by atoms with van der Waals surface area (Å²) in [5, 5.41) is 4.92. The zero-order chi connectivity index (χ0) is 33.5. The lowest BCUT2D eigenvalue weighted by molar-refractivity contribution is 1.18. The van der Waals surface area contributed by atoms with Crippen LogP contribution in [0.25, 0.3) is 97.9 Å². The lowest BCUT2D eigenvalue weighted by atomic mass is 10.1. The molecule has 11 rings (SSSR count). The summed E-state index contributed by atoms with van der Waals surface area (Å²) in [5.41, 5.74) is 12.9. The summed E-state index contributed by atoms with van der Waals surface area (Å²) in [6.07, 6.45) is 0. The molecule has 4 nitrogen and oxygen atoms in total. The van der Waals surface area contributed by atoms with Crippen LogP contribution in [-0.2, 0) is 0 Å². The van der Waals surface area contributed by atoms with E-state index in [9.17, 15) is 0 Å². The zero-order valence-corrected chi connectivity index (χ0v) is 28.2. The molecule has 0 bridgehead atoms. The number of fused-ring (bicyclic) bond motifs is 9. The van der Waals surface area contributed by atoms with E-state index in [1.807, 2.05) is 0 Å². The van der Waals surface area contributed by atoms with Crippen LogP contribution in [0.2, 0.25) is 0 Å². The van der Waals surface area contributed by atoms with Gasteiger partial charge in [-0.15, -0.1) is 11.3 Å². The van der Waals surface area contributed by atoms with Crippen LogP contribution in [0, 0.1) is 0 Å². The lowest BCUT2D eigenvalue weighted by Crippen LogP contribution is -1.96. The van der Waals surface area contributed by atoms with Gasteiger partial charge in [0.2, 0.25) is 0 Å². The molecule has 0 amide bonds. The van der Waals surface area contributed by atoms with Crippen molar-refractivity contribution in [2.24, 2.45) is 0 Å². The molecule has 5 heteroatoms. The molecule has 0 radical (unpaired) electrons. The highest BCUT2D eigenvalue weighted by atomic mass is 32.1. The maximum Gasteiger partial charge on any atom is 0.108 e. The highest BCUT2D eigenvalue weighted by Gasteiger charge is 2.19. The normalized spacial score (nSPS) is 11.9. The third-order valence-electron chi connectivity index (χ3n) is 10.1. The van der Waals surface area contributed by atoms with Gasteiger partial charge < -0.3 is 9.13 Å². The molecule has 238 valence electrons. The SMILES string of the molecule is c1ccc(-n2c3ccccc3c3ccc(-c4ccc5sc6ccc(-c7cccc8c9ccccc9n(-c9ccccc9)c78)nc6c5n4)cc32)cc1. The molecule has 0 aliphatic heterocycles. The van der Waals surface area contributed by atoms with E-state index in [1.54, 1.807) is 11.3 Å². The van der Waals surface area contributed by atoms with Crippen molar-refractivity contribution in [2.75, 3.05) is 0 Å². The summed E-state index contributed by atoms with van der Waals surface area (Å²) < 4.78 is 7.00. The Bertz CT molecular complexity index is 3130. The maximum atomic E-state index is 5.39. The number of aromatic nitrogens is 4. The summed E-state index contributed by atoms with van der Waals surface area (Å²) >= 11 is 1.75. The molecular weight excluding hydrogens is 641 g/mol. The molecule has 6 aromatic carbocycles. The highest BCUT2D eigenvalue weighted by molar-refractivity contribution is 7.25. The minimum Gasteiger partial charge on any atom is -0.309 e. The first-order chi connectivity index (χ1) is 25.3. The number of rotatable bonds is 4. The van der Waals surface area contributed by atoms with E-state index in [0.29, 0.717) is 0 Å². The molecule has 11 aromatic rings. The largest absolute Gasteiger partial charge is 0.309 e. The van der Waals surface area contributed by atoms with E-state index in [0.717, 1.165) is 59.8 Å². The third kappa shape index (κ3) is 4.25. The van der Waals surface area contributed by atoms with E-state index >= 15 is 0 Å². The van der Waals surface area contributed by atoms with Crippen molar-refractivity contribution in [3.8, 4) is 33.9 Å². The van der Waals surface area contributed by atoms with E-state index in [4.69, 9.17) is 9.97 Å². The molecule has 0 saturated heterocycles.